The van der Waals surface area contributed by atoms with Crippen LogP contribution in [-0.2, 0) is 19.4 Å². The monoisotopic (exact) mass is 429 g/mol. The highest BCUT2D eigenvalue weighted by atomic mass is 35.5. The number of hydrogen-bond donors (Lipinski definition) is 0. The van der Waals surface area contributed by atoms with Crippen molar-refractivity contribution < 1.29 is 9.18 Å². The summed E-state index contributed by atoms with van der Waals surface area (Å²) in [6, 6.07) is 19.4. The number of hydrogen-bond acceptors (Lipinski definition) is 1. The molecule has 2 nitrogen and oxygen atoms in total. The Morgan fingerprint density at radius 3 is 2.34 bits per heavy atom. The van der Waals surface area contributed by atoms with Crippen molar-refractivity contribution in [2.75, 3.05) is 6.54 Å². The molecule has 0 bridgehead atoms. The summed E-state index contributed by atoms with van der Waals surface area (Å²) in [6.45, 7) is 2.66. The van der Waals surface area contributed by atoms with E-state index in [-0.39, 0.29) is 18.3 Å². The molecule has 3 rings (SSSR count). The van der Waals surface area contributed by atoms with Crippen LogP contribution in [0, 0.1) is 5.82 Å². The number of amides is 1. The van der Waals surface area contributed by atoms with Crippen LogP contribution in [-0.4, -0.2) is 17.4 Å². The van der Waals surface area contributed by atoms with E-state index < -0.39 is 0 Å². The lowest BCUT2D eigenvalue weighted by molar-refractivity contribution is 0.0743. The number of benzene rings is 3. The minimum absolute atomic E-state index is 0.138. The molecule has 5 heteroatoms. The minimum atomic E-state index is -0.323. The van der Waals surface area contributed by atoms with Crippen LogP contribution in [0.25, 0.3) is 0 Å². The Hall–Kier alpha value is -2.36. The SMILES string of the molecule is CCc1ccc(C(=O)N(CCc2ccc(Cl)cc2Cl)Cc2ccccc2F)cc1. The lowest BCUT2D eigenvalue weighted by atomic mass is 10.1. The second-order valence-electron chi connectivity index (χ2n) is 6.85. The molecule has 3 aromatic carbocycles. The van der Waals surface area contributed by atoms with Crippen LogP contribution in [0.2, 0.25) is 10.0 Å². The van der Waals surface area contributed by atoms with Gasteiger partial charge in [-0.3, -0.25) is 4.79 Å². The Kier molecular flexibility index (Phi) is 7.29. The first-order valence-corrected chi connectivity index (χ1v) is 10.3. The molecule has 0 aromatic heterocycles. The average molecular weight is 430 g/mol. The van der Waals surface area contributed by atoms with Gasteiger partial charge in [0.2, 0.25) is 0 Å². The fourth-order valence-corrected chi connectivity index (χ4v) is 3.63. The van der Waals surface area contributed by atoms with Crippen LogP contribution in [0.4, 0.5) is 4.39 Å². The molecular weight excluding hydrogens is 408 g/mol. The Labute approximate surface area is 180 Å². The lowest BCUT2D eigenvalue weighted by Crippen LogP contribution is -2.33. The first-order valence-electron chi connectivity index (χ1n) is 9.53. The van der Waals surface area contributed by atoms with Gasteiger partial charge in [0.05, 0.1) is 0 Å². The van der Waals surface area contributed by atoms with Gasteiger partial charge in [0.25, 0.3) is 5.91 Å². The van der Waals surface area contributed by atoms with Crippen LogP contribution in [0.1, 0.15) is 34.0 Å². The third-order valence-electron chi connectivity index (χ3n) is 4.88. The fraction of sp³-hybridized carbons (Fsp3) is 0.208. The van der Waals surface area contributed by atoms with E-state index in [4.69, 9.17) is 23.2 Å². The summed E-state index contributed by atoms with van der Waals surface area (Å²) in [7, 11) is 0. The Morgan fingerprint density at radius 2 is 1.69 bits per heavy atom. The first-order chi connectivity index (χ1) is 14.0. The van der Waals surface area contributed by atoms with Gasteiger partial charge in [-0.05, 0) is 54.3 Å². The van der Waals surface area contributed by atoms with Gasteiger partial charge in [0, 0.05) is 34.3 Å². The topological polar surface area (TPSA) is 20.3 Å². The van der Waals surface area contributed by atoms with Crippen molar-refractivity contribution in [2.24, 2.45) is 0 Å². The molecular formula is C24H22Cl2FNO. The van der Waals surface area contributed by atoms with Gasteiger partial charge < -0.3 is 4.90 Å². The van der Waals surface area contributed by atoms with Crippen LogP contribution in [0.15, 0.2) is 66.7 Å². The van der Waals surface area contributed by atoms with Crippen molar-refractivity contribution >= 4 is 29.1 Å². The molecule has 0 saturated carbocycles. The molecule has 0 fully saturated rings. The van der Waals surface area contributed by atoms with Crippen LogP contribution >= 0.6 is 23.2 Å². The fourth-order valence-electron chi connectivity index (χ4n) is 3.13. The Balaban J connectivity index is 1.83. The van der Waals surface area contributed by atoms with Crippen molar-refractivity contribution in [2.45, 2.75) is 26.3 Å². The number of carbonyl (C=O) groups is 1. The largest absolute Gasteiger partial charge is 0.334 e. The zero-order chi connectivity index (χ0) is 20.8. The van der Waals surface area contributed by atoms with E-state index in [1.54, 1.807) is 35.2 Å². The molecule has 0 unspecified atom stereocenters. The van der Waals surface area contributed by atoms with E-state index >= 15 is 0 Å². The number of carbonyl (C=O) groups excluding carboxylic acids is 1. The van der Waals surface area contributed by atoms with E-state index in [1.807, 2.05) is 30.3 Å². The van der Waals surface area contributed by atoms with Crippen molar-refractivity contribution in [1.82, 2.24) is 4.90 Å². The molecule has 29 heavy (non-hydrogen) atoms. The summed E-state index contributed by atoms with van der Waals surface area (Å²) in [6.07, 6.45) is 1.45. The minimum Gasteiger partial charge on any atom is -0.334 e. The van der Waals surface area contributed by atoms with E-state index in [0.29, 0.717) is 34.1 Å². The van der Waals surface area contributed by atoms with E-state index in [2.05, 4.69) is 6.92 Å². The maximum Gasteiger partial charge on any atom is 0.254 e. The van der Waals surface area contributed by atoms with E-state index in [9.17, 15) is 9.18 Å². The maximum atomic E-state index is 14.2. The normalized spacial score (nSPS) is 10.8. The second kappa shape index (κ2) is 9.91. The lowest BCUT2D eigenvalue weighted by Gasteiger charge is -2.24. The highest BCUT2D eigenvalue weighted by molar-refractivity contribution is 6.35. The first kappa shape index (κ1) is 21.4. The van der Waals surface area contributed by atoms with Crippen molar-refractivity contribution in [1.29, 1.82) is 0 Å². The third kappa shape index (κ3) is 5.59. The molecule has 0 aliphatic heterocycles. The van der Waals surface area contributed by atoms with E-state index in [1.165, 1.54) is 6.07 Å². The summed E-state index contributed by atoms with van der Waals surface area (Å²) in [4.78, 5) is 14.8. The summed E-state index contributed by atoms with van der Waals surface area (Å²) in [5.41, 5.74) is 3.12. The predicted octanol–water partition coefficient (Wildman–Crippen LogP) is 6.58. The van der Waals surface area contributed by atoms with Crippen LogP contribution < -0.4 is 0 Å². The van der Waals surface area contributed by atoms with Crippen molar-refractivity contribution in [3.05, 3.63) is 105 Å². The summed E-state index contributed by atoms with van der Waals surface area (Å²) >= 11 is 12.2. The van der Waals surface area contributed by atoms with Gasteiger partial charge in [-0.2, -0.15) is 0 Å². The molecule has 0 aliphatic carbocycles. The molecule has 0 heterocycles. The molecule has 0 N–H and O–H groups in total. The molecule has 0 aliphatic rings. The van der Waals surface area contributed by atoms with Gasteiger partial charge in [0.1, 0.15) is 5.82 Å². The van der Waals surface area contributed by atoms with Crippen LogP contribution in [0.3, 0.4) is 0 Å². The number of nitrogens with zero attached hydrogens (tertiary/aromatic N) is 1. The molecule has 150 valence electrons. The Morgan fingerprint density at radius 1 is 0.966 bits per heavy atom. The molecule has 1 amide bonds. The predicted molar refractivity (Wildman–Crippen MR) is 117 cm³/mol. The molecule has 0 saturated heterocycles. The highest BCUT2D eigenvalue weighted by Crippen LogP contribution is 2.22. The summed E-state index contributed by atoms with van der Waals surface area (Å²) < 4.78 is 14.2. The quantitative estimate of drug-likeness (QED) is 0.415. The molecule has 0 atom stereocenters. The van der Waals surface area contributed by atoms with Gasteiger partial charge in [0.15, 0.2) is 0 Å². The maximum absolute atomic E-state index is 14.2. The number of halogens is 3. The van der Waals surface area contributed by atoms with Crippen molar-refractivity contribution in [3.8, 4) is 0 Å². The Bertz CT molecular complexity index is 988. The van der Waals surface area contributed by atoms with Gasteiger partial charge in [-0.25, -0.2) is 4.39 Å². The third-order valence-corrected chi connectivity index (χ3v) is 5.47. The van der Waals surface area contributed by atoms with Gasteiger partial charge in [-0.15, -0.1) is 0 Å². The standard InChI is InChI=1S/C24H22Cl2FNO/c1-2-17-7-9-19(10-8-17)24(29)28(16-20-5-3-4-6-23(20)27)14-13-18-11-12-21(25)15-22(18)26/h3-12,15H,2,13-14,16H2,1H3. The molecule has 0 spiro atoms. The summed E-state index contributed by atoms with van der Waals surface area (Å²) in [5.74, 6) is -0.461. The summed E-state index contributed by atoms with van der Waals surface area (Å²) in [5, 5.41) is 1.12. The van der Waals surface area contributed by atoms with Crippen LogP contribution in [0.5, 0.6) is 0 Å². The molecule has 3 aromatic rings. The average Bonchev–Trinajstić information content (AvgIpc) is 2.73. The molecule has 0 radical (unpaired) electrons. The second-order valence-corrected chi connectivity index (χ2v) is 7.70. The van der Waals surface area contributed by atoms with E-state index in [0.717, 1.165) is 17.5 Å². The highest BCUT2D eigenvalue weighted by Gasteiger charge is 2.18. The number of aryl methyl sites for hydroxylation is 1. The zero-order valence-electron chi connectivity index (χ0n) is 16.2. The van der Waals surface area contributed by atoms with Gasteiger partial charge >= 0.3 is 0 Å². The van der Waals surface area contributed by atoms with Crippen molar-refractivity contribution in [3.63, 3.8) is 0 Å². The smallest absolute Gasteiger partial charge is 0.254 e. The van der Waals surface area contributed by atoms with Gasteiger partial charge in [-0.1, -0.05) is 66.5 Å². The number of rotatable bonds is 7. The zero-order valence-corrected chi connectivity index (χ0v) is 17.7.